The lowest BCUT2D eigenvalue weighted by Gasteiger charge is -2.25. The van der Waals surface area contributed by atoms with Gasteiger partial charge in [0.25, 0.3) is 11.7 Å². The molecule has 1 atom stereocenters. The fraction of sp³-hybridized carbons (Fsp3) is 0.143. The number of H-pyrrole nitrogens is 1. The van der Waals surface area contributed by atoms with Crippen LogP contribution in [0.15, 0.2) is 90.6 Å². The second-order valence-electron chi connectivity index (χ2n) is 8.24. The number of fused-ring (bicyclic) bond motifs is 1. The van der Waals surface area contributed by atoms with Crippen LogP contribution in [0.3, 0.4) is 0 Å². The third-order valence-corrected chi connectivity index (χ3v) is 6.29. The Morgan fingerprint density at radius 1 is 1.00 bits per heavy atom. The first kappa shape index (κ1) is 21.5. The normalized spacial score (nSPS) is 17.4. The minimum absolute atomic E-state index is 0.0865. The van der Waals surface area contributed by atoms with E-state index in [9.17, 15) is 14.7 Å². The van der Waals surface area contributed by atoms with E-state index in [0.29, 0.717) is 29.8 Å². The lowest BCUT2D eigenvalue weighted by Crippen LogP contribution is -2.31. The highest BCUT2D eigenvalue weighted by Gasteiger charge is 2.46. The quantitative estimate of drug-likeness (QED) is 0.249. The van der Waals surface area contributed by atoms with Crippen LogP contribution in [0.2, 0.25) is 0 Å². The summed E-state index contributed by atoms with van der Waals surface area (Å²) in [5.74, 6) is -0.876. The molecule has 170 valence electrons. The zero-order valence-corrected chi connectivity index (χ0v) is 18.7. The van der Waals surface area contributed by atoms with Crippen molar-refractivity contribution in [1.82, 2.24) is 9.88 Å². The molecule has 0 bridgehead atoms. The Balaban J connectivity index is 1.57. The number of amides is 1. The first-order valence-corrected chi connectivity index (χ1v) is 11.1. The molecule has 1 fully saturated rings. The fourth-order valence-electron chi connectivity index (χ4n) is 4.60. The number of aromatic nitrogens is 1. The van der Waals surface area contributed by atoms with Crippen LogP contribution in [-0.4, -0.2) is 40.3 Å². The Morgan fingerprint density at radius 2 is 1.76 bits per heavy atom. The average Bonchev–Trinajstić information content (AvgIpc) is 3.41. The van der Waals surface area contributed by atoms with Gasteiger partial charge in [0.05, 0.1) is 18.7 Å². The number of nitrogens with one attached hydrogen (secondary N) is 1. The van der Waals surface area contributed by atoms with E-state index in [1.165, 1.54) is 0 Å². The molecule has 5 rings (SSSR count). The van der Waals surface area contributed by atoms with E-state index in [2.05, 4.69) is 4.98 Å². The molecule has 3 aromatic carbocycles. The minimum atomic E-state index is -0.722. The van der Waals surface area contributed by atoms with Crippen LogP contribution < -0.4 is 4.74 Å². The van der Waals surface area contributed by atoms with E-state index in [-0.39, 0.29) is 11.3 Å². The van der Waals surface area contributed by atoms with E-state index >= 15 is 0 Å². The number of ketones is 1. The van der Waals surface area contributed by atoms with Crippen LogP contribution in [-0.2, 0) is 16.0 Å². The van der Waals surface area contributed by atoms with Crippen LogP contribution in [0.25, 0.3) is 16.7 Å². The van der Waals surface area contributed by atoms with Crippen molar-refractivity contribution in [3.8, 4) is 5.75 Å². The number of rotatable bonds is 6. The summed E-state index contributed by atoms with van der Waals surface area (Å²) in [6.07, 6.45) is 2.49. The number of carbonyl (C=O) groups is 2. The van der Waals surface area contributed by atoms with Crippen molar-refractivity contribution in [3.63, 3.8) is 0 Å². The highest BCUT2D eigenvalue weighted by atomic mass is 16.5. The van der Waals surface area contributed by atoms with Gasteiger partial charge in [-0.15, -0.1) is 0 Å². The van der Waals surface area contributed by atoms with E-state index in [4.69, 9.17) is 4.74 Å². The number of ether oxygens (including phenoxy) is 1. The number of carbonyl (C=O) groups excluding carboxylic acids is 2. The summed E-state index contributed by atoms with van der Waals surface area (Å²) in [5, 5.41) is 12.2. The van der Waals surface area contributed by atoms with Crippen LogP contribution >= 0.6 is 0 Å². The molecule has 0 saturated carbocycles. The van der Waals surface area contributed by atoms with Gasteiger partial charge in [-0.2, -0.15) is 0 Å². The first-order chi connectivity index (χ1) is 16.6. The number of likely N-dealkylation sites (tertiary alicyclic amines) is 1. The molecular formula is C28H24N2O4. The summed E-state index contributed by atoms with van der Waals surface area (Å²) < 4.78 is 5.38. The number of methoxy groups -OCH3 is 1. The smallest absolute Gasteiger partial charge is 0.295 e. The molecule has 0 radical (unpaired) electrons. The van der Waals surface area contributed by atoms with Crippen molar-refractivity contribution in [2.24, 2.45) is 0 Å². The van der Waals surface area contributed by atoms with Crippen molar-refractivity contribution >= 4 is 28.4 Å². The molecule has 0 unspecified atom stereocenters. The van der Waals surface area contributed by atoms with Crippen LogP contribution in [0, 0.1) is 0 Å². The van der Waals surface area contributed by atoms with Gasteiger partial charge in [-0.1, -0.05) is 60.7 Å². The number of hydrogen-bond donors (Lipinski definition) is 2. The number of nitrogens with zero attached hydrogens (tertiary/aromatic N) is 1. The topological polar surface area (TPSA) is 82.6 Å². The second kappa shape index (κ2) is 8.90. The largest absolute Gasteiger partial charge is 0.507 e. The number of aliphatic hydroxyl groups excluding tert-OH is 1. The van der Waals surface area contributed by atoms with Gasteiger partial charge in [-0.25, -0.2) is 0 Å². The molecule has 0 spiro atoms. The van der Waals surface area contributed by atoms with Crippen molar-refractivity contribution in [2.45, 2.75) is 12.5 Å². The van der Waals surface area contributed by atoms with Gasteiger partial charge in [-0.3, -0.25) is 9.59 Å². The van der Waals surface area contributed by atoms with Crippen molar-refractivity contribution in [3.05, 3.63) is 107 Å². The molecule has 1 amide bonds. The monoisotopic (exact) mass is 452 g/mol. The highest BCUT2D eigenvalue weighted by Crippen LogP contribution is 2.40. The van der Waals surface area contributed by atoms with Crippen LogP contribution in [0.5, 0.6) is 5.75 Å². The predicted molar refractivity (Wildman–Crippen MR) is 130 cm³/mol. The van der Waals surface area contributed by atoms with Gasteiger partial charge in [-0.05, 0) is 35.7 Å². The van der Waals surface area contributed by atoms with Gasteiger partial charge in [0.15, 0.2) is 0 Å². The molecule has 1 aliphatic heterocycles. The molecule has 2 N–H and O–H groups in total. The molecule has 1 saturated heterocycles. The second-order valence-corrected chi connectivity index (χ2v) is 8.24. The molecule has 0 aliphatic carbocycles. The molecule has 6 nitrogen and oxygen atoms in total. The summed E-state index contributed by atoms with van der Waals surface area (Å²) in [7, 11) is 1.57. The van der Waals surface area contributed by atoms with Gasteiger partial charge >= 0.3 is 0 Å². The van der Waals surface area contributed by atoms with Crippen LogP contribution in [0.1, 0.15) is 22.7 Å². The molecular weight excluding hydrogens is 428 g/mol. The third-order valence-electron chi connectivity index (χ3n) is 6.29. The zero-order chi connectivity index (χ0) is 23.7. The number of benzene rings is 3. The third kappa shape index (κ3) is 3.73. The summed E-state index contributed by atoms with van der Waals surface area (Å²) in [6.45, 7) is 0.319. The Labute approximate surface area is 197 Å². The maximum atomic E-state index is 13.2. The Morgan fingerprint density at radius 3 is 2.56 bits per heavy atom. The van der Waals surface area contributed by atoms with E-state index < -0.39 is 17.7 Å². The SMILES string of the molecule is COc1cccc([C@H]2C(=C(O)c3ccccc3)C(=O)C(=O)N2CCc2c[nH]c3ccccc23)c1. The predicted octanol–water partition coefficient (Wildman–Crippen LogP) is 4.84. The summed E-state index contributed by atoms with van der Waals surface area (Å²) in [6, 6.07) is 23.3. The summed E-state index contributed by atoms with van der Waals surface area (Å²) in [5.41, 5.74) is 3.36. The van der Waals surface area contributed by atoms with Gasteiger partial charge < -0.3 is 19.7 Å². The molecule has 6 heteroatoms. The number of Topliss-reactive ketones (excluding diaryl/α,β-unsaturated/α-hetero) is 1. The standard InChI is InChI=1S/C28H24N2O4/c1-34-21-11-7-10-19(16-21)25-24(26(31)18-8-3-2-4-9-18)27(32)28(33)30(25)15-14-20-17-29-23-13-6-5-12-22(20)23/h2-13,16-17,25,29,31H,14-15H2,1H3/t25-/m0/s1. The van der Waals surface area contributed by atoms with Gasteiger partial charge in [0.1, 0.15) is 11.5 Å². The Kier molecular flexibility index (Phi) is 5.64. The number of hydrogen-bond acceptors (Lipinski definition) is 4. The van der Waals surface area contributed by atoms with E-state index in [0.717, 1.165) is 16.5 Å². The first-order valence-electron chi connectivity index (χ1n) is 11.1. The Bertz CT molecular complexity index is 1400. The maximum Gasteiger partial charge on any atom is 0.295 e. The zero-order valence-electron chi connectivity index (χ0n) is 18.7. The number of aliphatic hydroxyl groups is 1. The lowest BCUT2D eigenvalue weighted by molar-refractivity contribution is -0.139. The minimum Gasteiger partial charge on any atom is -0.507 e. The fourth-order valence-corrected chi connectivity index (χ4v) is 4.60. The Hall–Kier alpha value is -4.32. The van der Waals surface area contributed by atoms with E-state index in [1.807, 2.05) is 48.7 Å². The maximum absolute atomic E-state index is 13.2. The highest BCUT2D eigenvalue weighted by molar-refractivity contribution is 6.46. The molecule has 4 aromatic rings. The molecule has 1 aliphatic rings. The van der Waals surface area contributed by atoms with Crippen molar-refractivity contribution in [2.75, 3.05) is 13.7 Å². The van der Waals surface area contributed by atoms with Gasteiger partial charge in [0, 0.05) is 29.2 Å². The lowest BCUT2D eigenvalue weighted by atomic mass is 9.95. The molecule has 1 aromatic heterocycles. The average molecular weight is 453 g/mol. The van der Waals surface area contributed by atoms with Crippen molar-refractivity contribution < 1.29 is 19.4 Å². The van der Waals surface area contributed by atoms with Crippen LogP contribution in [0.4, 0.5) is 0 Å². The molecule has 2 heterocycles. The summed E-state index contributed by atoms with van der Waals surface area (Å²) >= 11 is 0. The van der Waals surface area contributed by atoms with Crippen molar-refractivity contribution in [1.29, 1.82) is 0 Å². The number of aromatic amines is 1. The van der Waals surface area contributed by atoms with Gasteiger partial charge in [0.2, 0.25) is 0 Å². The summed E-state index contributed by atoms with van der Waals surface area (Å²) in [4.78, 5) is 31.2. The molecule has 34 heavy (non-hydrogen) atoms. The van der Waals surface area contributed by atoms with E-state index in [1.54, 1.807) is 48.4 Å². The number of para-hydroxylation sites is 1.